The van der Waals surface area contributed by atoms with Crippen molar-refractivity contribution in [2.45, 2.75) is 33.7 Å². The Kier molecular flexibility index (Phi) is 9.09. The minimum atomic E-state index is 0.485. The minimum absolute atomic E-state index is 0.485. The van der Waals surface area contributed by atoms with Gasteiger partial charge in [-0.15, -0.1) is 0 Å². The summed E-state index contributed by atoms with van der Waals surface area (Å²) in [4.78, 5) is 0. The molecule has 0 aromatic heterocycles. The van der Waals surface area contributed by atoms with Gasteiger partial charge in [0.25, 0.3) is 0 Å². The van der Waals surface area contributed by atoms with Crippen molar-refractivity contribution < 1.29 is 9.47 Å². The van der Waals surface area contributed by atoms with Crippen LogP contribution in [0.1, 0.15) is 32.8 Å². The lowest BCUT2D eigenvalue weighted by molar-refractivity contribution is 0.100. The van der Waals surface area contributed by atoms with Gasteiger partial charge >= 0.3 is 0 Å². The fourth-order valence-electron chi connectivity index (χ4n) is 1.85. The third kappa shape index (κ3) is 7.37. The first kappa shape index (κ1) is 18.6. The van der Waals surface area contributed by atoms with E-state index < -0.39 is 0 Å². The molecular formula is C16H25Cl2NO2. The molecule has 0 aliphatic rings. The molecule has 1 aromatic carbocycles. The first-order valence-corrected chi connectivity index (χ1v) is 8.19. The van der Waals surface area contributed by atoms with Crippen LogP contribution in [-0.2, 0) is 11.3 Å². The molecule has 120 valence electrons. The Labute approximate surface area is 137 Å². The molecular weight excluding hydrogens is 309 g/mol. The molecule has 5 heteroatoms. The summed E-state index contributed by atoms with van der Waals surface area (Å²) in [6.07, 6.45) is 1.01. The van der Waals surface area contributed by atoms with Crippen molar-refractivity contribution >= 4 is 23.2 Å². The summed E-state index contributed by atoms with van der Waals surface area (Å²) >= 11 is 12.3. The largest absolute Gasteiger partial charge is 0.489 e. The molecule has 3 nitrogen and oxygen atoms in total. The van der Waals surface area contributed by atoms with E-state index in [-0.39, 0.29) is 0 Å². The minimum Gasteiger partial charge on any atom is -0.489 e. The van der Waals surface area contributed by atoms with E-state index in [1.165, 1.54) is 0 Å². The monoisotopic (exact) mass is 333 g/mol. The van der Waals surface area contributed by atoms with Crippen molar-refractivity contribution in [3.8, 4) is 5.75 Å². The van der Waals surface area contributed by atoms with Gasteiger partial charge in [-0.1, -0.05) is 44.0 Å². The predicted molar refractivity (Wildman–Crippen MR) is 89.6 cm³/mol. The Morgan fingerprint density at radius 2 is 1.90 bits per heavy atom. The third-order valence-corrected chi connectivity index (χ3v) is 3.27. The maximum Gasteiger partial charge on any atom is 0.142 e. The van der Waals surface area contributed by atoms with Crippen LogP contribution in [-0.4, -0.2) is 26.4 Å². The summed E-state index contributed by atoms with van der Waals surface area (Å²) < 4.78 is 11.2. The Hall–Kier alpha value is -0.480. The van der Waals surface area contributed by atoms with E-state index in [1.807, 2.05) is 6.07 Å². The Balaban J connectivity index is 2.62. The molecule has 0 radical (unpaired) electrons. The van der Waals surface area contributed by atoms with Crippen LogP contribution in [0.25, 0.3) is 0 Å². The Morgan fingerprint density at radius 1 is 1.14 bits per heavy atom. The van der Waals surface area contributed by atoms with Gasteiger partial charge in [0.15, 0.2) is 0 Å². The number of nitrogens with one attached hydrogen (secondary N) is 1. The lowest BCUT2D eigenvalue weighted by atomic mass is 10.1. The summed E-state index contributed by atoms with van der Waals surface area (Å²) in [5.41, 5.74) is 0.976. The summed E-state index contributed by atoms with van der Waals surface area (Å²) in [7, 11) is 0. The first-order chi connectivity index (χ1) is 10.0. The van der Waals surface area contributed by atoms with Gasteiger partial charge in [0.2, 0.25) is 0 Å². The fraction of sp³-hybridized carbons (Fsp3) is 0.625. The topological polar surface area (TPSA) is 30.5 Å². The van der Waals surface area contributed by atoms with Crippen LogP contribution in [0, 0.1) is 5.92 Å². The SMILES string of the molecule is CCCOCCOc1c(Cl)cc(Cl)cc1CNCC(C)C. The highest BCUT2D eigenvalue weighted by atomic mass is 35.5. The number of hydrogen-bond donors (Lipinski definition) is 1. The molecule has 0 heterocycles. The highest BCUT2D eigenvalue weighted by molar-refractivity contribution is 6.35. The highest BCUT2D eigenvalue weighted by Crippen LogP contribution is 2.32. The molecule has 0 bridgehead atoms. The zero-order chi connectivity index (χ0) is 15.7. The molecule has 21 heavy (non-hydrogen) atoms. The molecule has 0 aliphatic heterocycles. The van der Waals surface area contributed by atoms with Crippen LogP contribution >= 0.6 is 23.2 Å². The van der Waals surface area contributed by atoms with Gasteiger partial charge in [0.1, 0.15) is 12.4 Å². The molecule has 0 saturated heterocycles. The second kappa shape index (κ2) is 10.3. The van der Waals surface area contributed by atoms with Crippen LogP contribution in [0.3, 0.4) is 0 Å². The molecule has 0 atom stereocenters. The van der Waals surface area contributed by atoms with Gasteiger partial charge < -0.3 is 14.8 Å². The lowest BCUT2D eigenvalue weighted by Gasteiger charge is -2.15. The number of halogens is 2. The average Bonchev–Trinajstić information content (AvgIpc) is 2.40. The molecule has 0 fully saturated rings. The fourth-order valence-corrected chi connectivity index (χ4v) is 2.44. The molecule has 0 aliphatic carbocycles. The van der Waals surface area contributed by atoms with E-state index in [0.717, 1.165) is 25.1 Å². The smallest absolute Gasteiger partial charge is 0.142 e. The van der Waals surface area contributed by atoms with E-state index in [1.54, 1.807) is 6.07 Å². The van der Waals surface area contributed by atoms with Crippen molar-refractivity contribution in [1.82, 2.24) is 5.32 Å². The van der Waals surface area contributed by atoms with Crippen LogP contribution in [0.4, 0.5) is 0 Å². The molecule has 0 spiro atoms. The average molecular weight is 334 g/mol. The number of hydrogen-bond acceptors (Lipinski definition) is 3. The summed E-state index contributed by atoms with van der Waals surface area (Å²) in [5, 5.41) is 4.54. The van der Waals surface area contributed by atoms with E-state index in [9.17, 15) is 0 Å². The predicted octanol–water partition coefficient (Wildman–Crippen LogP) is 4.54. The van der Waals surface area contributed by atoms with Gasteiger partial charge in [0, 0.05) is 23.7 Å². The number of ether oxygens (including phenoxy) is 2. The third-order valence-electron chi connectivity index (χ3n) is 2.78. The number of rotatable bonds is 10. The van der Waals surface area contributed by atoms with Crippen molar-refractivity contribution in [2.24, 2.45) is 5.92 Å². The molecule has 0 saturated carbocycles. The van der Waals surface area contributed by atoms with Crippen molar-refractivity contribution in [3.05, 3.63) is 27.7 Å². The lowest BCUT2D eigenvalue weighted by Crippen LogP contribution is -2.20. The van der Waals surface area contributed by atoms with Crippen LogP contribution < -0.4 is 10.1 Å². The molecule has 1 N–H and O–H groups in total. The molecule has 0 amide bonds. The summed E-state index contributed by atoms with van der Waals surface area (Å²) in [6, 6.07) is 3.60. The van der Waals surface area contributed by atoms with Crippen LogP contribution in [0.15, 0.2) is 12.1 Å². The Bertz CT molecular complexity index is 425. The number of benzene rings is 1. The van der Waals surface area contributed by atoms with Crippen LogP contribution in [0.5, 0.6) is 5.75 Å². The van der Waals surface area contributed by atoms with Gasteiger partial charge in [0.05, 0.1) is 11.6 Å². The van der Waals surface area contributed by atoms with E-state index in [0.29, 0.717) is 41.5 Å². The maximum atomic E-state index is 6.24. The molecule has 1 aromatic rings. The normalized spacial score (nSPS) is 11.1. The quantitative estimate of drug-likeness (QED) is 0.637. The zero-order valence-corrected chi connectivity index (χ0v) is 14.6. The summed E-state index contributed by atoms with van der Waals surface area (Å²) in [5.74, 6) is 1.28. The van der Waals surface area contributed by atoms with Crippen molar-refractivity contribution in [1.29, 1.82) is 0 Å². The maximum absolute atomic E-state index is 6.24. The van der Waals surface area contributed by atoms with Gasteiger partial charge in [-0.05, 0) is 31.0 Å². The first-order valence-electron chi connectivity index (χ1n) is 7.43. The molecule has 0 unspecified atom stereocenters. The zero-order valence-electron chi connectivity index (χ0n) is 13.0. The van der Waals surface area contributed by atoms with E-state index >= 15 is 0 Å². The van der Waals surface area contributed by atoms with E-state index in [4.69, 9.17) is 32.7 Å². The highest BCUT2D eigenvalue weighted by Gasteiger charge is 2.11. The van der Waals surface area contributed by atoms with Crippen molar-refractivity contribution in [2.75, 3.05) is 26.4 Å². The van der Waals surface area contributed by atoms with Crippen LogP contribution in [0.2, 0.25) is 10.0 Å². The van der Waals surface area contributed by atoms with Gasteiger partial charge in [-0.25, -0.2) is 0 Å². The molecule has 1 rings (SSSR count). The second-order valence-electron chi connectivity index (χ2n) is 5.36. The standard InChI is InChI=1S/C16H25Cl2NO2/c1-4-5-20-6-7-21-16-13(11-19-10-12(2)3)8-14(17)9-15(16)18/h8-9,12,19H,4-7,10-11H2,1-3H3. The van der Waals surface area contributed by atoms with Gasteiger partial charge in [-0.2, -0.15) is 0 Å². The second-order valence-corrected chi connectivity index (χ2v) is 6.21. The van der Waals surface area contributed by atoms with E-state index in [2.05, 4.69) is 26.1 Å². The van der Waals surface area contributed by atoms with Crippen molar-refractivity contribution in [3.63, 3.8) is 0 Å². The summed E-state index contributed by atoms with van der Waals surface area (Å²) in [6.45, 7) is 9.83. The Morgan fingerprint density at radius 3 is 2.57 bits per heavy atom. The van der Waals surface area contributed by atoms with Gasteiger partial charge in [-0.3, -0.25) is 0 Å².